The minimum Gasteiger partial charge on any atom is -0.339 e. The fourth-order valence-electron chi connectivity index (χ4n) is 3.36. The molecule has 2 aromatic rings. The molecule has 138 valence electrons. The summed E-state index contributed by atoms with van der Waals surface area (Å²) in [6, 6.07) is -0.0149. The summed E-state index contributed by atoms with van der Waals surface area (Å²) in [5, 5.41) is 8.12. The quantitative estimate of drug-likeness (QED) is 0.840. The van der Waals surface area contributed by atoms with Crippen molar-refractivity contribution in [3.05, 3.63) is 23.6 Å². The molecule has 25 heavy (non-hydrogen) atoms. The molecule has 1 N–H and O–H groups in total. The SMILES string of the molecule is CCc1noc(C2CCC(NS(=O)(=O)c3cnn(C(C)C)c3C)C2)n1. The summed E-state index contributed by atoms with van der Waals surface area (Å²) in [5.41, 5.74) is 0.654. The van der Waals surface area contributed by atoms with Crippen LogP contribution in [0.5, 0.6) is 0 Å². The molecule has 1 aliphatic rings. The van der Waals surface area contributed by atoms with Crippen LogP contribution in [0.25, 0.3) is 0 Å². The lowest BCUT2D eigenvalue weighted by molar-refractivity contribution is 0.349. The van der Waals surface area contributed by atoms with Crippen LogP contribution in [0.2, 0.25) is 0 Å². The number of hydrogen-bond donors (Lipinski definition) is 1. The first-order valence-corrected chi connectivity index (χ1v) is 10.2. The van der Waals surface area contributed by atoms with Crippen LogP contribution in [0.4, 0.5) is 0 Å². The van der Waals surface area contributed by atoms with Gasteiger partial charge in [0.25, 0.3) is 0 Å². The van der Waals surface area contributed by atoms with Gasteiger partial charge >= 0.3 is 0 Å². The minimum atomic E-state index is -3.59. The Morgan fingerprint density at radius 3 is 2.76 bits per heavy atom. The number of aryl methyl sites for hydroxylation is 1. The van der Waals surface area contributed by atoms with Crippen molar-refractivity contribution in [2.45, 2.75) is 76.3 Å². The molecule has 0 saturated heterocycles. The van der Waals surface area contributed by atoms with Crippen LogP contribution in [-0.2, 0) is 16.4 Å². The summed E-state index contributed by atoms with van der Waals surface area (Å²) in [5.74, 6) is 1.41. The van der Waals surface area contributed by atoms with Gasteiger partial charge in [-0.2, -0.15) is 10.1 Å². The number of aromatic nitrogens is 4. The van der Waals surface area contributed by atoms with Crippen LogP contribution >= 0.6 is 0 Å². The minimum absolute atomic E-state index is 0.111. The maximum Gasteiger partial charge on any atom is 0.244 e. The normalized spacial score (nSPS) is 21.3. The average Bonchev–Trinajstić information content (AvgIpc) is 3.24. The second-order valence-electron chi connectivity index (χ2n) is 6.86. The van der Waals surface area contributed by atoms with Crippen molar-refractivity contribution in [1.82, 2.24) is 24.6 Å². The molecule has 0 aliphatic heterocycles. The first-order valence-electron chi connectivity index (χ1n) is 8.70. The van der Waals surface area contributed by atoms with Gasteiger partial charge in [0, 0.05) is 24.4 Å². The van der Waals surface area contributed by atoms with E-state index in [9.17, 15) is 8.42 Å². The van der Waals surface area contributed by atoms with Gasteiger partial charge in [-0.25, -0.2) is 13.1 Å². The number of rotatable bonds is 6. The fourth-order valence-corrected chi connectivity index (χ4v) is 4.81. The summed E-state index contributed by atoms with van der Waals surface area (Å²) in [6.45, 7) is 7.70. The second kappa shape index (κ2) is 6.87. The monoisotopic (exact) mass is 367 g/mol. The first-order chi connectivity index (χ1) is 11.8. The zero-order valence-corrected chi connectivity index (χ0v) is 15.9. The molecule has 2 heterocycles. The Morgan fingerprint density at radius 2 is 2.16 bits per heavy atom. The molecule has 2 atom stereocenters. The highest BCUT2D eigenvalue weighted by Crippen LogP contribution is 2.34. The van der Waals surface area contributed by atoms with Gasteiger partial charge in [-0.15, -0.1) is 0 Å². The van der Waals surface area contributed by atoms with Gasteiger partial charge in [0.1, 0.15) is 4.90 Å². The van der Waals surface area contributed by atoms with E-state index in [4.69, 9.17) is 4.52 Å². The molecular weight excluding hydrogens is 342 g/mol. The van der Waals surface area contributed by atoms with E-state index in [1.54, 1.807) is 11.6 Å². The van der Waals surface area contributed by atoms with Crippen LogP contribution in [0.3, 0.4) is 0 Å². The summed E-state index contributed by atoms with van der Waals surface area (Å²) >= 11 is 0. The highest BCUT2D eigenvalue weighted by Gasteiger charge is 2.33. The molecule has 0 aromatic carbocycles. The Kier molecular flexibility index (Phi) is 4.97. The van der Waals surface area contributed by atoms with Crippen molar-refractivity contribution in [3.8, 4) is 0 Å². The lowest BCUT2D eigenvalue weighted by atomic mass is 10.1. The fraction of sp³-hybridized carbons (Fsp3) is 0.688. The molecule has 1 fully saturated rings. The van der Waals surface area contributed by atoms with E-state index in [1.807, 2.05) is 20.8 Å². The molecule has 8 nitrogen and oxygen atoms in total. The molecule has 0 spiro atoms. The molecule has 1 saturated carbocycles. The average molecular weight is 367 g/mol. The maximum absolute atomic E-state index is 12.7. The molecule has 2 aromatic heterocycles. The predicted octanol–water partition coefficient (Wildman–Crippen LogP) is 2.33. The molecule has 0 amide bonds. The Morgan fingerprint density at radius 1 is 1.40 bits per heavy atom. The Labute approximate surface area is 148 Å². The number of hydrogen-bond acceptors (Lipinski definition) is 6. The Balaban J connectivity index is 1.70. The van der Waals surface area contributed by atoms with Crippen molar-refractivity contribution < 1.29 is 12.9 Å². The van der Waals surface area contributed by atoms with Gasteiger partial charge in [-0.05, 0) is 40.0 Å². The zero-order valence-electron chi connectivity index (χ0n) is 15.1. The Bertz CT molecular complexity index is 840. The Hall–Kier alpha value is -1.74. The third-order valence-electron chi connectivity index (χ3n) is 4.68. The molecule has 3 rings (SSSR count). The smallest absolute Gasteiger partial charge is 0.244 e. The lowest BCUT2D eigenvalue weighted by Crippen LogP contribution is -2.33. The van der Waals surface area contributed by atoms with E-state index >= 15 is 0 Å². The van der Waals surface area contributed by atoms with Crippen molar-refractivity contribution in [2.24, 2.45) is 0 Å². The van der Waals surface area contributed by atoms with Gasteiger partial charge in [-0.3, -0.25) is 4.68 Å². The van der Waals surface area contributed by atoms with Crippen LogP contribution in [0.1, 0.15) is 69.4 Å². The summed E-state index contributed by atoms with van der Waals surface area (Å²) in [4.78, 5) is 4.61. The predicted molar refractivity (Wildman–Crippen MR) is 91.7 cm³/mol. The topological polar surface area (TPSA) is 103 Å². The number of nitrogens with one attached hydrogen (secondary N) is 1. The molecular formula is C16H25N5O3S. The van der Waals surface area contributed by atoms with Crippen molar-refractivity contribution in [3.63, 3.8) is 0 Å². The van der Waals surface area contributed by atoms with Crippen LogP contribution < -0.4 is 4.72 Å². The van der Waals surface area contributed by atoms with E-state index in [1.165, 1.54) is 6.20 Å². The molecule has 9 heteroatoms. The van der Waals surface area contributed by atoms with E-state index < -0.39 is 10.0 Å². The van der Waals surface area contributed by atoms with E-state index in [0.717, 1.165) is 19.3 Å². The van der Waals surface area contributed by atoms with Crippen LogP contribution in [0, 0.1) is 6.92 Å². The molecule has 0 radical (unpaired) electrons. The van der Waals surface area contributed by atoms with Gasteiger partial charge in [0.2, 0.25) is 15.9 Å². The van der Waals surface area contributed by atoms with Crippen molar-refractivity contribution in [1.29, 1.82) is 0 Å². The third kappa shape index (κ3) is 3.62. The number of nitrogens with zero attached hydrogens (tertiary/aromatic N) is 4. The van der Waals surface area contributed by atoms with E-state index in [-0.39, 0.29) is 22.9 Å². The standard InChI is InChI=1S/C16H25N5O3S/c1-5-15-18-16(24-19-15)12-6-7-13(8-12)20-25(22,23)14-9-17-21(10(2)3)11(14)4/h9-10,12-13,20H,5-8H2,1-4H3. The highest BCUT2D eigenvalue weighted by atomic mass is 32.2. The molecule has 0 bridgehead atoms. The summed E-state index contributed by atoms with van der Waals surface area (Å²) in [7, 11) is -3.59. The van der Waals surface area contributed by atoms with Gasteiger partial charge in [0.05, 0.1) is 11.9 Å². The van der Waals surface area contributed by atoms with Gasteiger partial charge in [-0.1, -0.05) is 12.1 Å². The van der Waals surface area contributed by atoms with E-state index in [0.29, 0.717) is 23.8 Å². The van der Waals surface area contributed by atoms with Crippen LogP contribution in [0.15, 0.2) is 15.6 Å². The van der Waals surface area contributed by atoms with Crippen molar-refractivity contribution >= 4 is 10.0 Å². The molecule has 2 unspecified atom stereocenters. The van der Waals surface area contributed by atoms with Crippen molar-refractivity contribution in [2.75, 3.05) is 0 Å². The zero-order chi connectivity index (χ0) is 18.2. The second-order valence-corrected chi connectivity index (χ2v) is 8.55. The lowest BCUT2D eigenvalue weighted by Gasteiger charge is -2.13. The maximum atomic E-state index is 12.7. The molecule has 1 aliphatic carbocycles. The highest BCUT2D eigenvalue weighted by molar-refractivity contribution is 7.89. The van der Waals surface area contributed by atoms with Gasteiger partial charge < -0.3 is 4.52 Å². The first kappa shape index (κ1) is 18.1. The third-order valence-corrected chi connectivity index (χ3v) is 6.31. The largest absolute Gasteiger partial charge is 0.339 e. The van der Waals surface area contributed by atoms with Crippen LogP contribution in [-0.4, -0.2) is 34.4 Å². The number of sulfonamides is 1. The van der Waals surface area contributed by atoms with Gasteiger partial charge in [0.15, 0.2) is 5.82 Å². The summed E-state index contributed by atoms with van der Waals surface area (Å²) in [6.07, 6.45) is 4.41. The van der Waals surface area contributed by atoms with E-state index in [2.05, 4.69) is 20.0 Å². The summed E-state index contributed by atoms with van der Waals surface area (Å²) < 4.78 is 35.3.